The largest absolute Gasteiger partial charge is 0.383 e. The summed E-state index contributed by atoms with van der Waals surface area (Å²) in [6.45, 7) is 3.96. The van der Waals surface area contributed by atoms with Crippen LogP contribution in [0.15, 0.2) is 0 Å². The van der Waals surface area contributed by atoms with Gasteiger partial charge in [0, 0.05) is 13.2 Å². The minimum absolute atomic E-state index is 0.0973. The molecule has 0 aliphatic rings. The van der Waals surface area contributed by atoms with E-state index in [1.165, 1.54) is 0 Å². The Balaban J connectivity index is 4.02. The first-order chi connectivity index (χ1) is 5.55. The lowest BCUT2D eigenvalue weighted by Crippen LogP contribution is -2.38. The molecule has 12 heavy (non-hydrogen) atoms. The van der Waals surface area contributed by atoms with E-state index < -0.39 is 10.0 Å². The van der Waals surface area contributed by atoms with E-state index in [1.54, 1.807) is 14.0 Å². The first kappa shape index (κ1) is 11.9. The second-order valence-corrected chi connectivity index (χ2v) is 4.62. The van der Waals surface area contributed by atoms with Crippen molar-refractivity contribution in [3.63, 3.8) is 0 Å². The second-order valence-electron chi connectivity index (χ2n) is 2.58. The molecule has 0 heterocycles. The van der Waals surface area contributed by atoms with Gasteiger partial charge in [0.05, 0.1) is 12.4 Å². The highest BCUT2D eigenvalue weighted by Crippen LogP contribution is 1.95. The molecule has 1 unspecified atom stereocenters. The third kappa shape index (κ3) is 4.69. The Labute approximate surface area is 74.4 Å². The molecule has 0 bridgehead atoms. The van der Waals surface area contributed by atoms with Gasteiger partial charge in [-0.2, -0.15) is 0 Å². The zero-order chi connectivity index (χ0) is 9.61. The molecule has 0 amide bonds. The van der Waals surface area contributed by atoms with E-state index in [4.69, 9.17) is 4.74 Å². The van der Waals surface area contributed by atoms with Gasteiger partial charge in [0.2, 0.25) is 10.0 Å². The highest BCUT2D eigenvalue weighted by molar-refractivity contribution is 7.89. The molecule has 0 spiro atoms. The van der Waals surface area contributed by atoms with E-state index in [-0.39, 0.29) is 11.8 Å². The first-order valence-corrected chi connectivity index (χ1v) is 5.69. The Kier molecular flexibility index (Phi) is 5.44. The van der Waals surface area contributed by atoms with Gasteiger partial charge in [0.25, 0.3) is 0 Å². The molecule has 0 aromatic heterocycles. The van der Waals surface area contributed by atoms with Crippen molar-refractivity contribution in [2.75, 3.05) is 19.5 Å². The Morgan fingerprint density at radius 2 is 2.00 bits per heavy atom. The van der Waals surface area contributed by atoms with Gasteiger partial charge in [-0.25, -0.2) is 13.1 Å². The molecule has 1 atom stereocenters. The van der Waals surface area contributed by atoms with Crippen molar-refractivity contribution in [1.82, 2.24) is 4.72 Å². The lowest BCUT2D eigenvalue weighted by atomic mass is 10.3. The molecular formula is C7H17NO3S. The van der Waals surface area contributed by atoms with Crippen molar-refractivity contribution in [3.05, 3.63) is 0 Å². The number of hydrogen-bond donors (Lipinski definition) is 1. The van der Waals surface area contributed by atoms with Gasteiger partial charge in [0.15, 0.2) is 0 Å². The third-order valence-corrected chi connectivity index (χ3v) is 3.04. The van der Waals surface area contributed by atoms with Crippen LogP contribution in [-0.2, 0) is 14.8 Å². The molecule has 0 aromatic carbocycles. The van der Waals surface area contributed by atoms with E-state index in [2.05, 4.69) is 4.72 Å². The molecule has 0 aromatic rings. The zero-order valence-electron chi connectivity index (χ0n) is 7.83. The minimum atomic E-state index is -3.08. The summed E-state index contributed by atoms with van der Waals surface area (Å²) in [7, 11) is -1.52. The fraction of sp³-hybridized carbons (Fsp3) is 1.00. The highest BCUT2D eigenvalue weighted by atomic mass is 32.2. The van der Waals surface area contributed by atoms with Crippen molar-refractivity contribution in [2.24, 2.45) is 0 Å². The monoisotopic (exact) mass is 195 g/mol. The van der Waals surface area contributed by atoms with E-state index in [0.717, 1.165) is 6.42 Å². The average molecular weight is 195 g/mol. The number of sulfonamides is 1. The molecule has 5 heteroatoms. The molecule has 0 rings (SSSR count). The lowest BCUT2D eigenvalue weighted by Gasteiger charge is -2.14. The fourth-order valence-corrected chi connectivity index (χ4v) is 1.68. The number of nitrogens with one attached hydrogen (secondary N) is 1. The van der Waals surface area contributed by atoms with Gasteiger partial charge in [-0.15, -0.1) is 0 Å². The van der Waals surface area contributed by atoms with Crippen LogP contribution in [0.25, 0.3) is 0 Å². The Hall–Kier alpha value is -0.130. The minimum Gasteiger partial charge on any atom is -0.383 e. The Morgan fingerprint density at radius 1 is 1.42 bits per heavy atom. The van der Waals surface area contributed by atoms with Gasteiger partial charge in [-0.1, -0.05) is 6.92 Å². The molecule has 0 aliphatic heterocycles. The number of hydrogen-bond acceptors (Lipinski definition) is 3. The lowest BCUT2D eigenvalue weighted by molar-refractivity contribution is 0.173. The van der Waals surface area contributed by atoms with Crippen molar-refractivity contribution in [3.8, 4) is 0 Å². The van der Waals surface area contributed by atoms with Crippen LogP contribution in [-0.4, -0.2) is 33.9 Å². The van der Waals surface area contributed by atoms with Crippen molar-refractivity contribution in [1.29, 1.82) is 0 Å². The van der Waals surface area contributed by atoms with Gasteiger partial charge in [-0.3, -0.25) is 0 Å². The summed E-state index contributed by atoms with van der Waals surface area (Å²) in [6, 6.07) is -0.0973. The van der Waals surface area contributed by atoms with Gasteiger partial charge >= 0.3 is 0 Å². The normalized spacial score (nSPS) is 14.6. The van der Waals surface area contributed by atoms with E-state index in [0.29, 0.717) is 6.61 Å². The predicted octanol–water partition coefficient (Wildman–Crippen LogP) is 0.351. The van der Waals surface area contributed by atoms with Crippen LogP contribution in [0.2, 0.25) is 0 Å². The standard InChI is InChI=1S/C7H17NO3S/c1-4-7(6-11-3)8-12(9,10)5-2/h7-8H,4-6H2,1-3H3. The quantitative estimate of drug-likeness (QED) is 0.665. The fourth-order valence-electron chi connectivity index (χ4n) is 0.774. The Bertz CT molecular complexity index is 201. The summed E-state index contributed by atoms with van der Waals surface area (Å²) < 4.78 is 29.6. The van der Waals surface area contributed by atoms with Crippen molar-refractivity contribution < 1.29 is 13.2 Å². The van der Waals surface area contributed by atoms with Crippen LogP contribution < -0.4 is 4.72 Å². The van der Waals surface area contributed by atoms with Crippen LogP contribution >= 0.6 is 0 Å². The predicted molar refractivity (Wildman–Crippen MR) is 48.6 cm³/mol. The van der Waals surface area contributed by atoms with Crippen LogP contribution in [0.4, 0.5) is 0 Å². The SMILES string of the molecule is CCC(COC)NS(=O)(=O)CC. The topological polar surface area (TPSA) is 55.4 Å². The molecule has 0 fully saturated rings. The Morgan fingerprint density at radius 3 is 2.33 bits per heavy atom. The van der Waals surface area contributed by atoms with Crippen molar-refractivity contribution in [2.45, 2.75) is 26.3 Å². The maximum absolute atomic E-state index is 11.1. The number of rotatable bonds is 6. The summed E-state index contributed by atoms with van der Waals surface area (Å²) in [5, 5.41) is 0. The summed E-state index contributed by atoms with van der Waals surface area (Å²) >= 11 is 0. The highest BCUT2D eigenvalue weighted by Gasteiger charge is 2.13. The number of methoxy groups -OCH3 is 1. The number of ether oxygens (including phenoxy) is 1. The summed E-state index contributed by atoms with van der Waals surface area (Å²) in [6.07, 6.45) is 0.743. The van der Waals surface area contributed by atoms with E-state index in [1.807, 2.05) is 6.92 Å². The van der Waals surface area contributed by atoms with Crippen molar-refractivity contribution >= 4 is 10.0 Å². The van der Waals surface area contributed by atoms with E-state index in [9.17, 15) is 8.42 Å². The van der Waals surface area contributed by atoms with Crippen LogP contribution in [0, 0.1) is 0 Å². The summed E-state index contributed by atoms with van der Waals surface area (Å²) in [4.78, 5) is 0. The molecule has 0 radical (unpaired) electrons. The molecule has 0 saturated carbocycles. The maximum atomic E-state index is 11.1. The first-order valence-electron chi connectivity index (χ1n) is 4.04. The summed E-state index contributed by atoms with van der Waals surface area (Å²) in [5.41, 5.74) is 0. The molecular weight excluding hydrogens is 178 g/mol. The molecule has 0 saturated heterocycles. The smallest absolute Gasteiger partial charge is 0.211 e. The average Bonchev–Trinajstić information content (AvgIpc) is 2.03. The van der Waals surface area contributed by atoms with Gasteiger partial charge < -0.3 is 4.74 Å². The van der Waals surface area contributed by atoms with Crippen LogP contribution in [0.3, 0.4) is 0 Å². The van der Waals surface area contributed by atoms with Gasteiger partial charge in [0.1, 0.15) is 0 Å². The molecule has 4 nitrogen and oxygen atoms in total. The van der Waals surface area contributed by atoms with Gasteiger partial charge in [-0.05, 0) is 13.3 Å². The van der Waals surface area contributed by atoms with E-state index >= 15 is 0 Å². The molecule has 1 N–H and O–H groups in total. The zero-order valence-corrected chi connectivity index (χ0v) is 8.65. The van der Waals surface area contributed by atoms with Crippen LogP contribution in [0.1, 0.15) is 20.3 Å². The third-order valence-electron chi connectivity index (χ3n) is 1.59. The summed E-state index contributed by atoms with van der Waals surface area (Å²) in [5.74, 6) is 0.118. The maximum Gasteiger partial charge on any atom is 0.211 e. The van der Waals surface area contributed by atoms with Crippen LogP contribution in [0.5, 0.6) is 0 Å². The molecule has 74 valence electrons. The second kappa shape index (κ2) is 5.50. The molecule has 0 aliphatic carbocycles.